The highest BCUT2D eigenvalue weighted by Crippen LogP contribution is 2.37. The lowest BCUT2D eigenvalue weighted by Gasteiger charge is -2.43. The number of hydrogen-bond acceptors (Lipinski definition) is 2. The summed E-state index contributed by atoms with van der Waals surface area (Å²) >= 11 is 0. The zero-order valence-electron chi connectivity index (χ0n) is 12.5. The molecule has 1 unspecified atom stereocenters. The van der Waals surface area contributed by atoms with Crippen LogP contribution in [0.3, 0.4) is 0 Å². The fraction of sp³-hybridized carbons (Fsp3) is 0.938. The first kappa shape index (κ1) is 13.4. The number of nitrogens with one attached hydrogen (secondary N) is 1. The molecule has 0 aromatic rings. The van der Waals surface area contributed by atoms with Crippen LogP contribution in [0.15, 0.2) is 0 Å². The fourth-order valence-corrected chi connectivity index (χ4v) is 3.65. The minimum atomic E-state index is 0.121. The summed E-state index contributed by atoms with van der Waals surface area (Å²) < 4.78 is 0. The van der Waals surface area contributed by atoms with Gasteiger partial charge in [0.05, 0.1) is 6.04 Å². The summed E-state index contributed by atoms with van der Waals surface area (Å²) in [4.78, 5) is 14.8. The van der Waals surface area contributed by atoms with E-state index in [1.54, 1.807) is 0 Å². The number of nitrogens with zero attached hydrogens (tertiary/aromatic N) is 1. The first-order chi connectivity index (χ1) is 9.05. The van der Waals surface area contributed by atoms with Crippen LogP contribution in [0.4, 0.5) is 0 Å². The van der Waals surface area contributed by atoms with Crippen molar-refractivity contribution in [2.75, 3.05) is 6.54 Å². The largest absolute Gasteiger partial charge is 0.338 e. The van der Waals surface area contributed by atoms with Crippen molar-refractivity contribution >= 4 is 5.91 Å². The summed E-state index contributed by atoms with van der Waals surface area (Å²) in [6.45, 7) is 5.71. The van der Waals surface area contributed by atoms with Crippen molar-refractivity contribution in [1.82, 2.24) is 10.2 Å². The van der Waals surface area contributed by atoms with E-state index in [1.807, 2.05) is 0 Å². The Kier molecular flexibility index (Phi) is 3.59. The van der Waals surface area contributed by atoms with Crippen LogP contribution in [0.1, 0.15) is 65.2 Å². The van der Waals surface area contributed by atoms with E-state index < -0.39 is 0 Å². The Hall–Kier alpha value is -0.570. The molecule has 1 saturated heterocycles. The molecule has 1 N–H and O–H groups in total. The molecule has 0 spiro atoms. The number of carbonyl (C=O) groups is 1. The minimum absolute atomic E-state index is 0.121. The van der Waals surface area contributed by atoms with Crippen LogP contribution in [-0.2, 0) is 4.79 Å². The van der Waals surface area contributed by atoms with E-state index >= 15 is 0 Å². The molecule has 19 heavy (non-hydrogen) atoms. The SMILES string of the molecule is CC1(C)CCC(N2CCCC(NC3CC3)C2=O)CC1. The van der Waals surface area contributed by atoms with E-state index in [-0.39, 0.29) is 6.04 Å². The van der Waals surface area contributed by atoms with Gasteiger partial charge in [-0.3, -0.25) is 4.79 Å². The van der Waals surface area contributed by atoms with Crippen LogP contribution in [0, 0.1) is 5.41 Å². The van der Waals surface area contributed by atoms with Gasteiger partial charge in [0.15, 0.2) is 0 Å². The highest BCUT2D eigenvalue weighted by atomic mass is 16.2. The lowest BCUT2D eigenvalue weighted by atomic mass is 9.75. The molecule has 0 aromatic heterocycles. The van der Waals surface area contributed by atoms with Gasteiger partial charge in [-0.15, -0.1) is 0 Å². The van der Waals surface area contributed by atoms with Gasteiger partial charge in [0.1, 0.15) is 0 Å². The molecule has 2 saturated carbocycles. The smallest absolute Gasteiger partial charge is 0.239 e. The summed E-state index contributed by atoms with van der Waals surface area (Å²) in [6, 6.07) is 1.28. The predicted molar refractivity (Wildman–Crippen MR) is 76.9 cm³/mol. The van der Waals surface area contributed by atoms with E-state index in [0.29, 0.717) is 23.4 Å². The van der Waals surface area contributed by atoms with Gasteiger partial charge >= 0.3 is 0 Å². The summed E-state index contributed by atoms with van der Waals surface area (Å²) in [5.74, 6) is 0.392. The topological polar surface area (TPSA) is 32.3 Å². The monoisotopic (exact) mass is 264 g/mol. The van der Waals surface area contributed by atoms with Gasteiger partial charge in [0.25, 0.3) is 0 Å². The quantitative estimate of drug-likeness (QED) is 0.850. The van der Waals surface area contributed by atoms with E-state index in [2.05, 4.69) is 24.1 Å². The molecule has 0 bridgehead atoms. The average molecular weight is 264 g/mol. The maximum Gasteiger partial charge on any atom is 0.239 e. The number of likely N-dealkylation sites (tertiary alicyclic amines) is 1. The molecule has 1 aliphatic heterocycles. The molecule has 2 aliphatic carbocycles. The first-order valence-electron chi connectivity index (χ1n) is 8.12. The molecule has 1 atom stereocenters. The fourth-order valence-electron chi connectivity index (χ4n) is 3.65. The van der Waals surface area contributed by atoms with E-state index in [9.17, 15) is 4.79 Å². The van der Waals surface area contributed by atoms with Crippen molar-refractivity contribution < 1.29 is 4.79 Å². The van der Waals surface area contributed by atoms with E-state index in [1.165, 1.54) is 44.9 Å². The van der Waals surface area contributed by atoms with Gasteiger partial charge in [-0.05, 0) is 56.8 Å². The van der Waals surface area contributed by atoms with Gasteiger partial charge in [-0.25, -0.2) is 0 Å². The molecule has 1 heterocycles. The van der Waals surface area contributed by atoms with Crippen LogP contribution >= 0.6 is 0 Å². The third-order valence-electron chi connectivity index (χ3n) is 5.24. The highest BCUT2D eigenvalue weighted by molar-refractivity contribution is 5.83. The number of hydrogen-bond donors (Lipinski definition) is 1. The number of amides is 1. The molecule has 108 valence electrons. The molecule has 0 aromatic carbocycles. The third-order valence-corrected chi connectivity index (χ3v) is 5.24. The second kappa shape index (κ2) is 5.08. The van der Waals surface area contributed by atoms with Crippen molar-refractivity contribution in [1.29, 1.82) is 0 Å². The van der Waals surface area contributed by atoms with Crippen LogP contribution < -0.4 is 5.32 Å². The average Bonchev–Trinajstić information content (AvgIpc) is 3.17. The lowest BCUT2D eigenvalue weighted by molar-refractivity contribution is -0.139. The normalized spacial score (nSPS) is 32.6. The zero-order chi connectivity index (χ0) is 13.5. The lowest BCUT2D eigenvalue weighted by Crippen LogP contribution is -2.55. The van der Waals surface area contributed by atoms with Crippen LogP contribution in [0.2, 0.25) is 0 Å². The number of piperidine rings is 1. The third kappa shape index (κ3) is 3.13. The number of carbonyl (C=O) groups excluding carboxylic acids is 1. The Morgan fingerprint density at radius 1 is 1.11 bits per heavy atom. The van der Waals surface area contributed by atoms with E-state index in [4.69, 9.17) is 0 Å². The maximum atomic E-state index is 12.6. The second-order valence-electron chi connectivity index (χ2n) is 7.56. The van der Waals surface area contributed by atoms with Crippen molar-refractivity contribution in [3.05, 3.63) is 0 Å². The Morgan fingerprint density at radius 2 is 1.79 bits per heavy atom. The molecule has 0 radical (unpaired) electrons. The Bertz CT molecular complexity index is 339. The minimum Gasteiger partial charge on any atom is -0.338 e. The molecule has 1 amide bonds. The highest BCUT2D eigenvalue weighted by Gasteiger charge is 2.38. The molecule has 3 nitrogen and oxygen atoms in total. The molecular formula is C16H28N2O. The van der Waals surface area contributed by atoms with Crippen LogP contribution in [0.25, 0.3) is 0 Å². The van der Waals surface area contributed by atoms with Crippen LogP contribution in [0.5, 0.6) is 0 Å². The number of rotatable bonds is 3. The van der Waals surface area contributed by atoms with Gasteiger partial charge < -0.3 is 10.2 Å². The van der Waals surface area contributed by atoms with Gasteiger partial charge in [-0.2, -0.15) is 0 Å². The maximum absolute atomic E-state index is 12.6. The van der Waals surface area contributed by atoms with Crippen molar-refractivity contribution in [2.24, 2.45) is 5.41 Å². The summed E-state index contributed by atoms with van der Waals surface area (Å²) in [5, 5.41) is 3.54. The molecule has 3 aliphatic rings. The van der Waals surface area contributed by atoms with Gasteiger partial charge in [0.2, 0.25) is 5.91 Å². The molecular weight excluding hydrogens is 236 g/mol. The summed E-state index contributed by atoms with van der Waals surface area (Å²) in [6.07, 6.45) is 9.69. The zero-order valence-corrected chi connectivity index (χ0v) is 12.5. The molecule has 3 fully saturated rings. The second-order valence-corrected chi connectivity index (χ2v) is 7.56. The Morgan fingerprint density at radius 3 is 2.42 bits per heavy atom. The molecule has 3 rings (SSSR count). The van der Waals surface area contributed by atoms with E-state index in [0.717, 1.165) is 13.0 Å². The first-order valence-corrected chi connectivity index (χ1v) is 8.12. The van der Waals surface area contributed by atoms with Gasteiger partial charge in [0, 0.05) is 18.6 Å². The van der Waals surface area contributed by atoms with Gasteiger partial charge in [-0.1, -0.05) is 13.8 Å². The molecule has 3 heteroatoms. The standard InChI is InChI=1S/C16H28N2O/c1-16(2)9-7-13(8-10-16)18-11-3-4-14(15(18)19)17-12-5-6-12/h12-14,17H,3-11H2,1-2H3. The summed E-state index contributed by atoms with van der Waals surface area (Å²) in [5.41, 5.74) is 0.487. The van der Waals surface area contributed by atoms with Crippen LogP contribution in [-0.4, -0.2) is 35.5 Å². The Labute approximate surface area is 117 Å². The van der Waals surface area contributed by atoms with Crippen molar-refractivity contribution in [3.63, 3.8) is 0 Å². The van der Waals surface area contributed by atoms with Crippen molar-refractivity contribution in [3.8, 4) is 0 Å². The van der Waals surface area contributed by atoms with Crippen molar-refractivity contribution in [2.45, 2.75) is 83.3 Å². The Balaban J connectivity index is 1.58. The summed E-state index contributed by atoms with van der Waals surface area (Å²) in [7, 11) is 0. The predicted octanol–water partition coefficient (Wildman–Crippen LogP) is 2.70.